The number of nitrogens with two attached hydrogens (primary N) is 1. The number of nitrogens with one attached hydrogen (secondary N) is 1. The zero-order valence-corrected chi connectivity index (χ0v) is 11.0. The topological polar surface area (TPSA) is 138 Å². The quantitative estimate of drug-likeness (QED) is 0.426. The maximum atomic E-state index is 12.0. The highest BCUT2D eigenvalue weighted by molar-refractivity contribution is 5.33. The highest BCUT2D eigenvalue weighted by atomic mass is 16.6. The lowest BCUT2D eigenvalue weighted by Gasteiger charge is -2.07. The summed E-state index contributed by atoms with van der Waals surface area (Å²) >= 11 is 0. The van der Waals surface area contributed by atoms with Gasteiger partial charge in [0.05, 0.1) is 23.4 Å². The maximum Gasteiger partial charge on any atom is 0.350 e. The van der Waals surface area contributed by atoms with Crippen LogP contribution in [0.5, 0.6) is 0 Å². The van der Waals surface area contributed by atoms with Crippen LogP contribution >= 0.6 is 0 Å². The molecule has 0 spiro atoms. The van der Waals surface area contributed by atoms with Gasteiger partial charge in [0.15, 0.2) is 0 Å². The van der Waals surface area contributed by atoms with Crippen molar-refractivity contribution in [3.8, 4) is 0 Å². The van der Waals surface area contributed by atoms with Gasteiger partial charge in [0.2, 0.25) is 0 Å². The standard InChI is InChI=1S/C11H12N6O4/c1-15-6-8(17(20)21)10(18)16(11(15)19)5-7-3-2-4-9(13-7)14-12/h2-4,6H,5,12H2,1H3,(H,13,14). The van der Waals surface area contributed by atoms with Crippen LogP contribution in [0.3, 0.4) is 0 Å². The van der Waals surface area contributed by atoms with E-state index in [0.717, 1.165) is 15.3 Å². The first-order valence-corrected chi connectivity index (χ1v) is 5.81. The molecule has 0 aliphatic rings. The molecule has 21 heavy (non-hydrogen) atoms. The van der Waals surface area contributed by atoms with E-state index in [9.17, 15) is 19.7 Å². The van der Waals surface area contributed by atoms with Crippen LogP contribution in [0.4, 0.5) is 11.5 Å². The molecule has 10 nitrogen and oxygen atoms in total. The Hall–Kier alpha value is -3.01. The molecule has 10 heteroatoms. The lowest BCUT2D eigenvalue weighted by molar-refractivity contribution is -0.387. The predicted molar refractivity (Wildman–Crippen MR) is 73.7 cm³/mol. The van der Waals surface area contributed by atoms with Crippen LogP contribution < -0.4 is 22.5 Å². The van der Waals surface area contributed by atoms with Crippen LogP contribution in [-0.2, 0) is 13.6 Å². The van der Waals surface area contributed by atoms with Crippen molar-refractivity contribution in [2.75, 3.05) is 5.43 Å². The molecule has 0 unspecified atom stereocenters. The summed E-state index contributed by atoms with van der Waals surface area (Å²) in [5, 5.41) is 10.8. The van der Waals surface area contributed by atoms with Crippen LogP contribution in [0, 0.1) is 10.1 Å². The van der Waals surface area contributed by atoms with Gasteiger partial charge in [0.25, 0.3) is 0 Å². The summed E-state index contributed by atoms with van der Waals surface area (Å²) in [5.74, 6) is 5.57. The Morgan fingerprint density at radius 3 is 2.76 bits per heavy atom. The van der Waals surface area contributed by atoms with Crippen molar-refractivity contribution in [2.45, 2.75) is 6.54 Å². The van der Waals surface area contributed by atoms with Gasteiger partial charge in [0.1, 0.15) is 5.82 Å². The summed E-state index contributed by atoms with van der Waals surface area (Å²) in [7, 11) is 1.33. The zero-order valence-electron chi connectivity index (χ0n) is 11.0. The highest BCUT2D eigenvalue weighted by Gasteiger charge is 2.19. The second kappa shape index (κ2) is 5.54. The van der Waals surface area contributed by atoms with E-state index in [0.29, 0.717) is 11.5 Å². The number of nitro groups is 1. The molecule has 0 atom stereocenters. The number of pyridine rings is 1. The van der Waals surface area contributed by atoms with Crippen LogP contribution in [-0.4, -0.2) is 19.0 Å². The smallest absolute Gasteiger partial charge is 0.308 e. The molecule has 0 fully saturated rings. The molecule has 0 saturated heterocycles. The van der Waals surface area contributed by atoms with Gasteiger partial charge in [-0.05, 0) is 12.1 Å². The molecule has 0 amide bonds. The molecule has 2 heterocycles. The van der Waals surface area contributed by atoms with E-state index in [4.69, 9.17) is 5.84 Å². The molecule has 0 radical (unpaired) electrons. The van der Waals surface area contributed by atoms with Crippen molar-refractivity contribution in [2.24, 2.45) is 12.9 Å². The van der Waals surface area contributed by atoms with Gasteiger partial charge in [0, 0.05) is 7.05 Å². The first-order valence-electron chi connectivity index (χ1n) is 5.81. The molecule has 110 valence electrons. The Bertz CT molecular complexity index is 809. The number of hydrazine groups is 1. The van der Waals surface area contributed by atoms with Crippen LogP contribution in [0.2, 0.25) is 0 Å². The zero-order chi connectivity index (χ0) is 15.6. The molecule has 0 aromatic carbocycles. The van der Waals surface area contributed by atoms with Gasteiger partial charge in [-0.2, -0.15) is 0 Å². The normalized spacial score (nSPS) is 10.4. The van der Waals surface area contributed by atoms with Crippen molar-refractivity contribution in [3.63, 3.8) is 0 Å². The predicted octanol–water partition coefficient (Wildman–Crippen LogP) is -0.816. The first-order chi connectivity index (χ1) is 9.93. The molecular weight excluding hydrogens is 280 g/mol. The Morgan fingerprint density at radius 2 is 2.14 bits per heavy atom. The number of anilines is 1. The summed E-state index contributed by atoms with van der Waals surface area (Å²) in [6, 6.07) is 4.80. The summed E-state index contributed by atoms with van der Waals surface area (Å²) in [4.78, 5) is 38.0. The van der Waals surface area contributed by atoms with Gasteiger partial charge in [-0.25, -0.2) is 20.2 Å². The number of nitrogens with zero attached hydrogens (tertiary/aromatic N) is 4. The average Bonchev–Trinajstić information content (AvgIpc) is 2.47. The number of rotatable bonds is 4. The van der Waals surface area contributed by atoms with Crippen molar-refractivity contribution in [3.05, 3.63) is 61.0 Å². The van der Waals surface area contributed by atoms with Crippen molar-refractivity contribution in [1.82, 2.24) is 14.1 Å². The summed E-state index contributed by atoms with van der Waals surface area (Å²) in [6.45, 7) is -0.192. The molecule has 0 aliphatic heterocycles. The van der Waals surface area contributed by atoms with Crippen LogP contribution in [0.25, 0.3) is 0 Å². The Morgan fingerprint density at radius 1 is 1.43 bits per heavy atom. The van der Waals surface area contributed by atoms with Crippen molar-refractivity contribution < 1.29 is 4.92 Å². The largest absolute Gasteiger partial charge is 0.350 e. The Kier molecular flexibility index (Phi) is 3.80. The minimum absolute atomic E-state index is 0.192. The number of hydrogen-bond donors (Lipinski definition) is 2. The number of aromatic nitrogens is 3. The van der Waals surface area contributed by atoms with Crippen molar-refractivity contribution in [1.29, 1.82) is 0 Å². The van der Waals surface area contributed by atoms with Gasteiger partial charge in [-0.1, -0.05) is 6.07 Å². The molecule has 3 N–H and O–H groups in total. The van der Waals surface area contributed by atoms with Crippen LogP contribution in [0.1, 0.15) is 5.69 Å². The first kappa shape index (κ1) is 14.4. The fourth-order valence-corrected chi connectivity index (χ4v) is 1.78. The average molecular weight is 292 g/mol. The molecular formula is C11H12N6O4. The van der Waals surface area contributed by atoms with Gasteiger partial charge in [-0.15, -0.1) is 0 Å². The number of aryl methyl sites for hydroxylation is 1. The minimum atomic E-state index is -0.976. The lowest BCUT2D eigenvalue weighted by Crippen LogP contribution is -2.39. The third-order valence-corrected chi connectivity index (χ3v) is 2.78. The molecule has 0 aliphatic carbocycles. The molecule has 2 aromatic heterocycles. The Labute approximate surface area is 117 Å². The van der Waals surface area contributed by atoms with Gasteiger partial charge in [-0.3, -0.25) is 19.5 Å². The fourth-order valence-electron chi connectivity index (χ4n) is 1.78. The van der Waals surface area contributed by atoms with E-state index in [1.54, 1.807) is 18.2 Å². The second-order valence-electron chi connectivity index (χ2n) is 4.21. The van der Waals surface area contributed by atoms with Gasteiger partial charge < -0.3 is 5.43 Å². The second-order valence-corrected chi connectivity index (χ2v) is 4.21. The lowest BCUT2D eigenvalue weighted by atomic mass is 10.3. The Balaban J connectivity index is 2.56. The van der Waals surface area contributed by atoms with E-state index in [-0.39, 0.29) is 6.54 Å². The molecule has 0 bridgehead atoms. The minimum Gasteiger partial charge on any atom is -0.308 e. The number of hydrogen-bond acceptors (Lipinski definition) is 7. The molecule has 2 rings (SSSR count). The van der Waals surface area contributed by atoms with Crippen molar-refractivity contribution >= 4 is 11.5 Å². The van der Waals surface area contributed by atoms with E-state index in [2.05, 4.69) is 10.4 Å². The fraction of sp³-hybridized carbons (Fsp3) is 0.182. The maximum absolute atomic E-state index is 12.0. The number of nitrogen functional groups attached to an aromatic ring is 1. The SMILES string of the molecule is Cn1cc([N+](=O)[O-])c(=O)n(Cc2cccc(NN)n2)c1=O. The summed E-state index contributed by atoms with van der Waals surface area (Å²) in [5.41, 5.74) is 0.379. The van der Waals surface area contributed by atoms with E-state index in [1.807, 2.05) is 0 Å². The monoisotopic (exact) mass is 292 g/mol. The van der Waals surface area contributed by atoms with E-state index in [1.165, 1.54) is 7.05 Å². The summed E-state index contributed by atoms with van der Waals surface area (Å²) < 4.78 is 1.73. The van der Waals surface area contributed by atoms with Crippen LogP contribution in [0.15, 0.2) is 34.0 Å². The van der Waals surface area contributed by atoms with Gasteiger partial charge >= 0.3 is 16.9 Å². The third-order valence-electron chi connectivity index (χ3n) is 2.78. The highest BCUT2D eigenvalue weighted by Crippen LogP contribution is 2.05. The van der Waals surface area contributed by atoms with E-state index < -0.39 is 21.9 Å². The molecule has 2 aromatic rings. The third kappa shape index (κ3) is 2.79. The summed E-state index contributed by atoms with van der Waals surface area (Å²) in [6.07, 6.45) is 0.895. The van der Waals surface area contributed by atoms with E-state index >= 15 is 0 Å². The molecule has 0 saturated carbocycles.